The van der Waals surface area contributed by atoms with E-state index in [1.165, 1.54) is 0 Å². The molecular weight excluding hydrogens is 126 g/mol. The third kappa shape index (κ3) is 1.20. The minimum atomic E-state index is -0.396. The van der Waals surface area contributed by atoms with Crippen LogP contribution < -0.4 is 5.73 Å². The van der Waals surface area contributed by atoms with Gasteiger partial charge in [-0.05, 0) is 30.4 Å². The highest BCUT2D eigenvalue weighted by Crippen LogP contribution is 2.32. The van der Waals surface area contributed by atoms with Crippen LogP contribution in [0.1, 0.15) is 12.8 Å². The van der Waals surface area contributed by atoms with E-state index in [1.807, 2.05) is 0 Å². The molecule has 0 aromatic carbocycles. The van der Waals surface area contributed by atoms with Gasteiger partial charge in [-0.15, -0.1) is 0 Å². The lowest BCUT2D eigenvalue weighted by Crippen LogP contribution is -2.28. The normalized spacial score (nSPS) is 22.8. The molecule has 0 aliphatic heterocycles. The second kappa shape index (κ2) is 2.03. The van der Waals surface area contributed by atoms with Crippen LogP contribution in [0.2, 0.25) is 0 Å². The minimum Gasteiger partial charge on any atom is -0.320 e. The summed E-state index contributed by atoms with van der Waals surface area (Å²) < 4.78 is 0. The molecule has 8 heavy (non-hydrogen) atoms. The Bertz CT molecular complexity index is 111. The highest BCUT2D eigenvalue weighted by atomic mass is 35.5. The summed E-state index contributed by atoms with van der Waals surface area (Å²) in [6.07, 6.45) is 2.14. The van der Waals surface area contributed by atoms with Gasteiger partial charge in [-0.2, -0.15) is 0 Å². The van der Waals surface area contributed by atoms with Crippen LogP contribution in [0.15, 0.2) is 0 Å². The Hall–Kier alpha value is -0.0800. The summed E-state index contributed by atoms with van der Waals surface area (Å²) in [6.45, 7) is 0. The molecule has 0 saturated heterocycles. The highest BCUT2D eigenvalue weighted by Gasteiger charge is 2.32. The molecule has 2 N–H and O–H groups in total. The largest absolute Gasteiger partial charge is 0.320 e. The van der Waals surface area contributed by atoms with Crippen molar-refractivity contribution in [1.82, 2.24) is 0 Å². The topological polar surface area (TPSA) is 43.1 Å². The Balaban J connectivity index is 2.32. The number of nitrogens with two attached hydrogens (primary N) is 1. The zero-order valence-electron chi connectivity index (χ0n) is 4.43. The van der Waals surface area contributed by atoms with Gasteiger partial charge in [-0.3, -0.25) is 4.79 Å². The smallest absolute Gasteiger partial charge is 0.238 e. The molecule has 0 aromatic rings. The van der Waals surface area contributed by atoms with Gasteiger partial charge in [0.05, 0.1) is 6.04 Å². The van der Waals surface area contributed by atoms with E-state index in [2.05, 4.69) is 0 Å². The molecule has 3 heteroatoms. The van der Waals surface area contributed by atoms with Crippen molar-refractivity contribution in [1.29, 1.82) is 0 Å². The minimum absolute atomic E-state index is 0.389. The molecule has 2 nitrogen and oxygen atoms in total. The summed E-state index contributed by atoms with van der Waals surface area (Å²) in [5.41, 5.74) is 5.34. The van der Waals surface area contributed by atoms with E-state index in [1.54, 1.807) is 0 Å². The number of halogens is 1. The second-order valence-corrected chi connectivity index (χ2v) is 2.54. The Morgan fingerprint density at radius 2 is 2.25 bits per heavy atom. The first kappa shape index (κ1) is 6.05. The van der Waals surface area contributed by atoms with Crippen molar-refractivity contribution in [3.8, 4) is 0 Å². The van der Waals surface area contributed by atoms with Crippen LogP contribution in [0.25, 0.3) is 0 Å². The third-order valence-corrected chi connectivity index (χ3v) is 1.64. The van der Waals surface area contributed by atoms with Gasteiger partial charge in [0.2, 0.25) is 5.24 Å². The first-order chi connectivity index (χ1) is 3.72. The Morgan fingerprint density at radius 3 is 2.38 bits per heavy atom. The summed E-state index contributed by atoms with van der Waals surface area (Å²) >= 11 is 5.10. The summed E-state index contributed by atoms with van der Waals surface area (Å²) in [6, 6.07) is -0.392. The van der Waals surface area contributed by atoms with Crippen molar-refractivity contribution in [3.63, 3.8) is 0 Å². The van der Waals surface area contributed by atoms with Crippen molar-refractivity contribution in [2.45, 2.75) is 18.9 Å². The first-order valence-corrected chi connectivity index (χ1v) is 3.04. The average molecular weight is 134 g/mol. The maximum Gasteiger partial charge on any atom is 0.238 e. The number of hydrogen-bond donors (Lipinski definition) is 1. The fourth-order valence-corrected chi connectivity index (χ4v) is 0.819. The van der Waals surface area contributed by atoms with E-state index in [0.717, 1.165) is 12.8 Å². The summed E-state index contributed by atoms with van der Waals surface area (Å²) in [4.78, 5) is 10.3. The fourth-order valence-electron chi connectivity index (χ4n) is 0.641. The van der Waals surface area contributed by atoms with E-state index in [9.17, 15) is 4.79 Å². The van der Waals surface area contributed by atoms with E-state index in [4.69, 9.17) is 17.3 Å². The lowest BCUT2D eigenvalue weighted by Gasteiger charge is -1.99. The predicted molar refractivity (Wildman–Crippen MR) is 31.6 cm³/mol. The summed E-state index contributed by atoms with van der Waals surface area (Å²) in [7, 11) is 0. The standard InChI is InChI=1S/C5H8ClNO/c6-5(8)4(7)3-1-2-3/h3-4H,1-2,7H2/t4-/m0/s1. The maximum absolute atomic E-state index is 10.3. The van der Waals surface area contributed by atoms with Gasteiger partial charge < -0.3 is 5.73 Å². The van der Waals surface area contributed by atoms with Gasteiger partial charge in [0.25, 0.3) is 0 Å². The number of rotatable bonds is 2. The van der Waals surface area contributed by atoms with Gasteiger partial charge in [0.1, 0.15) is 0 Å². The maximum atomic E-state index is 10.3. The first-order valence-electron chi connectivity index (χ1n) is 2.66. The Labute approximate surface area is 53.0 Å². The predicted octanol–water partition coefficient (Wildman–Crippen LogP) is 0.489. The summed E-state index contributed by atoms with van der Waals surface area (Å²) in [5, 5.41) is -0.396. The zero-order valence-corrected chi connectivity index (χ0v) is 5.19. The second-order valence-electron chi connectivity index (χ2n) is 2.17. The van der Waals surface area contributed by atoms with Crippen molar-refractivity contribution in [2.24, 2.45) is 11.7 Å². The van der Waals surface area contributed by atoms with Crippen molar-refractivity contribution >= 4 is 16.8 Å². The molecule has 1 saturated carbocycles. The highest BCUT2D eigenvalue weighted by molar-refractivity contribution is 6.64. The number of hydrogen-bond acceptors (Lipinski definition) is 2. The molecule has 1 atom stereocenters. The Morgan fingerprint density at radius 1 is 1.75 bits per heavy atom. The van der Waals surface area contributed by atoms with Gasteiger partial charge in [-0.25, -0.2) is 0 Å². The number of carbonyl (C=O) groups is 1. The quantitative estimate of drug-likeness (QED) is 0.557. The molecule has 0 radical (unpaired) electrons. The van der Waals surface area contributed by atoms with Gasteiger partial charge in [0.15, 0.2) is 0 Å². The molecule has 1 rings (SSSR count). The van der Waals surface area contributed by atoms with Crippen LogP contribution in [-0.2, 0) is 4.79 Å². The fraction of sp³-hybridized carbons (Fsp3) is 0.800. The molecule has 1 fully saturated rings. The molecule has 0 aromatic heterocycles. The molecule has 1 aliphatic carbocycles. The number of carbonyl (C=O) groups excluding carboxylic acids is 1. The van der Waals surface area contributed by atoms with Crippen molar-refractivity contribution in [2.75, 3.05) is 0 Å². The molecule has 1 aliphatic rings. The van der Waals surface area contributed by atoms with E-state index >= 15 is 0 Å². The van der Waals surface area contributed by atoms with Crippen LogP contribution in [-0.4, -0.2) is 11.3 Å². The lowest BCUT2D eigenvalue weighted by atomic mass is 10.2. The van der Waals surface area contributed by atoms with Crippen LogP contribution >= 0.6 is 11.6 Å². The van der Waals surface area contributed by atoms with Crippen molar-refractivity contribution < 1.29 is 4.79 Å². The van der Waals surface area contributed by atoms with Crippen LogP contribution in [0.3, 0.4) is 0 Å². The molecule has 0 amide bonds. The molecule has 46 valence electrons. The molecule has 0 spiro atoms. The van der Waals surface area contributed by atoms with Crippen LogP contribution in [0.5, 0.6) is 0 Å². The molecule has 0 bridgehead atoms. The molecule has 0 unspecified atom stereocenters. The molecule has 0 heterocycles. The summed E-state index contributed by atoms with van der Waals surface area (Å²) in [5.74, 6) is 0.389. The van der Waals surface area contributed by atoms with Crippen LogP contribution in [0.4, 0.5) is 0 Å². The lowest BCUT2D eigenvalue weighted by molar-refractivity contribution is -0.113. The van der Waals surface area contributed by atoms with E-state index in [-0.39, 0.29) is 0 Å². The van der Waals surface area contributed by atoms with E-state index in [0.29, 0.717) is 5.92 Å². The molecular formula is C5H8ClNO. The van der Waals surface area contributed by atoms with Crippen LogP contribution in [0, 0.1) is 5.92 Å². The third-order valence-electron chi connectivity index (χ3n) is 1.39. The Kier molecular flexibility index (Phi) is 1.54. The SMILES string of the molecule is N[C@H](C(=O)Cl)C1CC1. The van der Waals surface area contributed by atoms with Gasteiger partial charge in [0, 0.05) is 0 Å². The van der Waals surface area contributed by atoms with Gasteiger partial charge in [-0.1, -0.05) is 0 Å². The zero-order chi connectivity index (χ0) is 6.15. The van der Waals surface area contributed by atoms with Gasteiger partial charge >= 0.3 is 0 Å². The van der Waals surface area contributed by atoms with Crippen molar-refractivity contribution in [3.05, 3.63) is 0 Å². The average Bonchev–Trinajstić information content (AvgIpc) is 2.43. The monoisotopic (exact) mass is 133 g/mol. The van der Waals surface area contributed by atoms with E-state index < -0.39 is 11.3 Å².